The molecular formula is C25H40O3. The highest BCUT2D eigenvalue weighted by molar-refractivity contribution is 5.69. The Hall–Kier alpha value is -0.830. The molecule has 0 aromatic rings. The van der Waals surface area contributed by atoms with Crippen molar-refractivity contribution in [3.8, 4) is 0 Å². The molecule has 0 spiro atoms. The number of aliphatic hydroxyl groups excluding tert-OH is 1. The van der Waals surface area contributed by atoms with Gasteiger partial charge in [0.2, 0.25) is 0 Å². The molecule has 4 aliphatic rings. The number of hydrogen-bond donors (Lipinski definition) is 1. The molecule has 8 atom stereocenters. The van der Waals surface area contributed by atoms with Crippen molar-refractivity contribution in [2.75, 3.05) is 7.11 Å². The van der Waals surface area contributed by atoms with E-state index in [1.165, 1.54) is 45.6 Å². The molecule has 158 valence electrons. The molecule has 4 unspecified atom stereocenters. The maximum Gasteiger partial charge on any atom is 0.305 e. The molecule has 3 saturated carbocycles. The lowest BCUT2D eigenvalue weighted by Gasteiger charge is -2.57. The predicted octanol–water partition coefficient (Wildman–Crippen LogP) is 5.52. The Bertz CT molecular complexity index is 640. The van der Waals surface area contributed by atoms with Crippen LogP contribution in [-0.4, -0.2) is 24.3 Å². The first-order valence-corrected chi connectivity index (χ1v) is 11.7. The monoisotopic (exact) mass is 388 g/mol. The van der Waals surface area contributed by atoms with Crippen LogP contribution in [-0.2, 0) is 9.53 Å². The van der Waals surface area contributed by atoms with Crippen LogP contribution < -0.4 is 0 Å². The van der Waals surface area contributed by atoms with Gasteiger partial charge in [-0.15, -0.1) is 0 Å². The predicted molar refractivity (Wildman–Crippen MR) is 112 cm³/mol. The lowest BCUT2D eigenvalue weighted by atomic mass is 9.48. The lowest BCUT2D eigenvalue weighted by Crippen LogP contribution is -2.48. The van der Waals surface area contributed by atoms with E-state index >= 15 is 0 Å². The van der Waals surface area contributed by atoms with Crippen molar-refractivity contribution in [2.24, 2.45) is 40.4 Å². The van der Waals surface area contributed by atoms with Gasteiger partial charge < -0.3 is 9.84 Å². The molecule has 0 bridgehead atoms. The molecule has 4 aliphatic carbocycles. The van der Waals surface area contributed by atoms with E-state index in [1.54, 1.807) is 5.57 Å². The lowest BCUT2D eigenvalue weighted by molar-refractivity contribution is -0.141. The van der Waals surface area contributed by atoms with Crippen molar-refractivity contribution in [1.82, 2.24) is 0 Å². The Morgan fingerprint density at radius 2 is 2.04 bits per heavy atom. The largest absolute Gasteiger partial charge is 0.469 e. The highest BCUT2D eigenvalue weighted by atomic mass is 16.5. The molecule has 0 aromatic heterocycles. The number of aliphatic hydroxyl groups is 1. The summed E-state index contributed by atoms with van der Waals surface area (Å²) < 4.78 is 4.87. The fourth-order valence-corrected chi connectivity index (χ4v) is 8.13. The molecule has 0 aliphatic heterocycles. The van der Waals surface area contributed by atoms with Crippen LogP contribution in [0.2, 0.25) is 0 Å². The van der Waals surface area contributed by atoms with E-state index in [1.807, 2.05) is 0 Å². The van der Waals surface area contributed by atoms with Gasteiger partial charge in [-0.05, 0) is 98.2 Å². The Morgan fingerprint density at radius 1 is 1.25 bits per heavy atom. The Labute approximate surface area is 171 Å². The zero-order valence-corrected chi connectivity index (χ0v) is 18.4. The average Bonchev–Trinajstić information content (AvgIpc) is 3.03. The van der Waals surface area contributed by atoms with Crippen LogP contribution in [0.25, 0.3) is 0 Å². The van der Waals surface area contributed by atoms with Crippen LogP contribution in [0.1, 0.15) is 85.0 Å². The second kappa shape index (κ2) is 7.45. The number of carbonyl (C=O) groups excluding carboxylic acids is 1. The zero-order chi connectivity index (χ0) is 20.1. The van der Waals surface area contributed by atoms with Gasteiger partial charge in [0.1, 0.15) is 0 Å². The minimum atomic E-state index is -0.0735. The van der Waals surface area contributed by atoms with Gasteiger partial charge in [-0.2, -0.15) is 0 Å². The van der Waals surface area contributed by atoms with Gasteiger partial charge in [0.05, 0.1) is 13.2 Å². The molecule has 0 saturated heterocycles. The molecule has 4 rings (SSSR count). The van der Waals surface area contributed by atoms with Crippen molar-refractivity contribution in [1.29, 1.82) is 0 Å². The highest BCUT2D eigenvalue weighted by Crippen LogP contribution is 2.66. The van der Waals surface area contributed by atoms with Crippen molar-refractivity contribution in [3.63, 3.8) is 0 Å². The van der Waals surface area contributed by atoms with Gasteiger partial charge >= 0.3 is 5.97 Å². The summed E-state index contributed by atoms with van der Waals surface area (Å²) in [6.45, 7) is 7.42. The summed E-state index contributed by atoms with van der Waals surface area (Å²) in [4.78, 5) is 11.6. The molecule has 1 N–H and O–H groups in total. The third kappa shape index (κ3) is 3.16. The summed E-state index contributed by atoms with van der Waals surface area (Å²) >= 11 is 0. The summed E-state index contributed by atoms with van der Waals surface area (Å²) in [6.07, 6.45) is 13.8. The van der Waals surface area contributed by atoms with E-state index in [4.69, 9.17) is 4.74 Å². The number of methoxy groups -OCH3 is 1. The van der Waals surface area contributed by atoms with E-state index in [2.05, 4.69) is 26.8 Å². The Kier molecular flexibility index (Phi) is 5.44. The van der Waals surface area contributed by atoms with Crippen LogP contribution in [0.15, 0.2) is 11.6 Å². The normalized spacial score (nSPS) is 46.0. The minimum Gasteiger partial charge on any atom is -0.469 e. The van der Waals surface area contributed by atoms with Crippen LogP contribution in [0.4, 0.5) is 0 Å². The van der Waals surface area contributed by atoms with Gasteiger partial charge in [-0.3, -0.25) is 4.79 Å². The van der Waals surface area contributed by atoms with E-state index in [9.17, 15) is 9.90 Å². The van der Waals surface area contributed by atoms with Gasteiger partial charge in [-0.1, -0.05) is 32.4 Å². The minimum absolute atomic E-state index is 0.0666. The van der Waals surface area contributed by atoms with Crippen molar-refractivity contribution >= 4 is 5.97 Å². The number of esters is 1. The SMILES string of the molecule is COC(=O)CCC(C)C1CCC2C3CC[C@@H]4C[C@H](O)CC[C@]4(C)C3=CC[C@]12C. The smallest absolute Gasteiger partial charge is 0.305 e. The van der Waals surface area contributed by atoms with Crippen molar-refractivity contribution < 1.29 is 14.6 Å². The number of fused-ring (bicyclic) bond motifs is 5. The topological polar surface area (TPSA) is 46.5 Å². The third-order valence-corrected chi connectivity index (χ3v) is 9.79. The third-order valence-electron chi connectivity index (χ3n) is 9.79. The van der Waals surface area contributed by atoms with Crippen LogP contribution in [0.5, 0.6) is 0 Å². The van der Waals surface area contributed by atoms with Crippen LogP contribution in [0, 0.1) is 40.4 Å². The number of allylic oxidation sites excluding steroid dienone is 2. The van der Waals surface area contributed by atoms with E-state index in [0.29, 0.717) is 29.1 Å². The van der Waals surface area contributed by atoms with Gasteiger partial charge in [0, 0.05) is 6.42 Å². The molecule has 0 aromatic carbocycles. The summed E-state index contributed by atoms with van der Waals surface area (Å²) in [6, 6.07) is 0. The molecule has 3 heteroatoms. The molecule has 0 radical (unpaired) electrons. The first-order valence-electron chi connectivity index (χ1n) is 11.7. The standard InChI is InChI=1S/C25H40O3/c1-16(5-10-23(27)28-4)20-8-9-21-19-7-6-17-15-18(26)11-13-24(17,2)22(19)12-14-25(20,21)3/h12,16-21,26H,5-11,13-15H2,1-4H3/t16?,17-,18-,19?,20?,21?,24+,25-/m1/s1. The molecule has 0 heterocycles. The number of rotatable bonds is 4. The molecule has 0 amide bonds. The quantitative estimate of drug-likeness (QED) is 0.510. The molecule has 3 fully saturated rings. The van der Waals surface area contributed by atoms with Crippen molar-refractivity contribution in [3.05, 3.63) is 11.6 Å². The summed E-state index contributed by atoms with van der Waals surface area (Å²) in [7, 11) is 1.49. The summed E-state index contributed by atoms with van der Waals surface area (Å²) in [5, 5.41) is 10.2. The Balaban J connectivity index is 1.53. The average molecular weight is 389 g/mol. The maximum absolute atomic E-state index is 11.6. The van der Waals surface area contributed by atoms with Gasteiger partial charge in [-0.25, -0.2) is 0 Å². The van der Waals surface area contributed by atoms with Gasteiger partial charge in [0.25, 0.3) is 0 Å². The highest BCUT2D eigenvalue weighted by Gasteiger charge is 2.57. The van der Waals surface area contributed by atoms with E-state index < -0.39 is 0 Å². The van der Waals surface area contributed by atoms with Gasteiger partial charge in [0.15, 0.2) is 0 Å². The van der Waals surface area contributed by atoms with Crippen LogP contribution in [0.3, 0.4) is 0 Å². The number of hydrogen-bond acceptors (Lipinski definition) is 3. The maximum atomic E-state index is 11.6. The first kappa shape index (κ1) is 20.4. The fourth-order valence-electron chi connectivity index (χ4n) is 8.13. The first-order chi connectivity index (χ1) is 13.3. The Morgan fingerprint density at radius 3 is 2.79 bits per heavy atom. The fraction of sp³-hybridized carbons (Fsp3) is 0.880. The molecule has 28 heavy (non-hydrogen) atoms. The molecule has 3 nitrogen and oxygen atoms in total. The second-order valence-corrected chi connectivity index (χ2v) is 11.0. The van der Waals surface area contributed by atoms with Crippen LogP contribution >= 0.6 is 0 Å². The summed E-state index contributed by atoms with van der Waals surface area (Å²) in [5.74, 6) is 3.48. The van der Waals surface area contributed by atoms with Crippen molar-refractivity contribution in [2.45, 2.75) is 91.1 Å². The summed E-state index contributed by atoms with van der Waals surface area (Å²) in [5.41, 5.74) is 2.49. The second-order valence-electron chi connectivity index (χ2n) is 11.0. The zero-order valence-electron chi connectivity index (χ0n) is 18.4. The molecular weight excluding hydrogens is 348 g/mol. The van der Waals surface area contributed by atoms with E-state index in [-0.39, 0.29) is 12.1 Å². The number of carbonyl (C=O) groups is 1. The van der Waals surface area contributed by atoms with E-state index in [0.717, 1.165) is 37.0 Å². The number of ether oxygens (including phenoxy) is 1.